The first kappa shape index (κ1) is 51.2. The molecule has 0 bridgehead atoms. The lowest BCUT2D eigenvalue weighted by molar-refractivity contribution is -0.316. The first-order valence-corrected chi connectivity index (χ1v) is 28.2. The summed E-state index contributed by atoms with van der Waals surface area (Å²) in [4.78, 5) is 25.3. The molecule has 2 aromatic rings. The van der Waals surface area contributed by atoms with Crippen molar-refractivity contribution in [1.82, 2.24) is 0 Å². The molecule has 74 heavy (non-hydrogen) atoms. The Morgan fingerprint density at radius 3 is 2.28 bits per heavy atom. The summed E-state index contributed by atoms with van der Waals surface area (Å²) in [5, 5.41) is 13.6. The van der Waals surface area contributed by atoms with Crippen LogP contribution in [0.2, 0.25) is 0 Å². The molecule has 1 N–H and O–H groups in total. The Morgan fingerprint density at radius 1 is 0.676 bits per heavy atom. The number of ether oxygens (including phenoxy) is 11. The minimum absolute atomic E-state index is 0.0717. The second-order valence-electron chi connectivity index (χ2n) is 24.3. The van der Waals surface area contributed by atoms with E-state index in [9.17, 15) is 14.7 Å². The van der Waals surface area contributed by atoms with Gasteiger partial charge in [0.1, 0.15) is 31.0 Å². The lowest BCUT2D eigenvalue weighted by Gasteiger charge is -2.55. The molecule has 12 rings (SSSR count). The van der Waals surface area contributed by atoms with E-state index < -0.39 is 29.4 Å². The zero-order chi connectivity index (χ0) is 50.9. The van der Waals surface area contributed by atoms with Crippen molar-refractivity contribution in [2.24, 2.45) is 11.8 Å². The van der Waals surface area contributed by atoms with Gasteiger partial charge in [-0.2, -0.15) is 0 Å². The Hall–Kier alpha value is -3.54. The van der Waals surface area contributed by atoms with E-state index in [1.54, 1.807) is 6.07 Å². The van der Waals surface area contributed by atoms with Crippen LogP contribution in [0.3, 0.4) is 0 Å². The summed E-state index contributed by atoms with van der Waals surface area (Å²) in [6.07, 6.45) is 14.6. The van der Waals surface area contributed by atoms with Gasteiger partial charge in [0.2, 0.25) is 0 Å². The van der Waals surface area contributed by atoms with Gasteiger partial charge in [-0.25, -0.2) is 4.79 Å². The maximum atomic E-state index is 13.0. The summed E-state index contributed by atoms with van der Waals surface area (Å²) in [5.74, 6) is -0.0830. The Kier molecular flexibility index (Phi) is 14.5. The molecule has 0 spiro atoms. The van der Waals surface area contributed by atoms with Gasteiger partial charge in [-0.15, -0.1) is 0 Å². The van der Waals surface area contributed by atoms with Crippen molar-refractivity contribution in [2.75, 3.05) is 6.61 Å². The first-order chi connectivity index (χ1) is 35.7. The highest BCUT2D eigenvalue weighted by Crippen LogP contribution is 2.49. The predicted octanol–water partition coefficient (Wildman–Crippen LogP) is 8.76. The van der Waals surface area contributed by atoms with Crippen LogP contribution < -0.4 is 0 Å². The standard InChI is InChI=1S/C60H78O14/c1-33-23-46-49(29-55(62)70-46)69-54-28-48-50(74-59(54,4)30-33)24-35(3)56-45(67-48)15-9-8-14-41-42(71-56)16-10-18-44-43(66-41)17-11-19-53-60(5,73-44)31-52-47(68-53)27-51-57(72-52)40(61)26-39(65-51)22-34(2)32-64-58(63)38-21-20-36-12-6-7-13-37(36)25-38/h6-10,12-13,18,20-21,25,33,35,39-54,56-57,61H,2,11,14-17,19,22-24,26-32H2,1,3-5H3/b9-8-,18-10-/t33-,35+,39-,40+,41?,42+,43?,44-,45?,46+,47?,48?,49?,50+,51?,52-,53?,54?,56-,57+,59-,60+/m1/s1. The van der Waals surface area contributed by atoms with Crippen molar-refractivity contribution in [3.63, 3.8) is 0 Å². The van der Waals surface area contributed by atoms with Crippen LogP contribution >= 0.6 is 0 Å². The van der Waals surface area contributed by atoms with E-state index in [-0.39, 0.29) is 123 Å². The van der Waals surface area contributed by atoms with E-state index in [0.29, 0.717) is 50.0 Å². The number of benzene rings is 2. The van der Waals surface area contributed by atoms with E-state index in [2.05, 4.69) is 58.6 Å². The van der Waals surface area contributed by atoms with Crippen LogP contribution in [0.4, 0.5) is 0 Å². The van der Waals surface area contributed by atoms with E-state index in [1.165, 1.54) is 0 Å². The SMILES string of the molecule is C=C(COC(=O)c1ccc2ccccc2c1)C[C@@H]1C[C@H](O)[C@@H]2O[C@@H]3C[C@]4(C)O[C@@H]5/C=C\C[C@@H]6O[C@H]7C(C/C=C\CC6OC5CCCC4OC3CC2O1)OC1CC2OC3CC(=O)O[C@H]3C[C@@H](C)C[C@@]2(C)O[C@H]1C[C@@H]7C. The van der Waals surface area contributed by atoms with Crippen molar-refractivity contribution >= 4 is 22.7 Å². The number of aliphatic hydroxyl groups is 1. The summed E-state index contributed by atoms with van der Waals surface area (Å²) < 4.78 is 74.5. The largest absolute Gasteiger partial charge is 0.459 e. The number of hydrogen-bond acceptors (Lipinski definition) is 14. The molecule has 8 fully saturated rings. The van der Waals surface area contributed by atoms with Crippen LogP contribution in [-0.4, -0.2) is 145 Å². The molecule has 9 unspecified atom stereocenters. The lowest BCUT2D eigenvalue weighted by Crippen LogP contribution is -2.65. The molecule has 10 aliphatic rings. The summed E-state index contributed by atoms with van der Waals surface area (Å²) in [6.45, 7) is 13.2. The summed E-state index contributed by atoms with van der Waals surface area (Å²) >= 11 is 0. The highest BCUT2D eigenvalue weighted by molar-refractivity contribution is 5.95. The lowest BCUT2D eigenvalue weighted by atomic mass is 9.78. The average molecular weight is 1020 g/mol. The molecule has 0 saturated carbocycles. The Bertz CT molecular complexity index is 2440. The summed E-state index contributed by atoms with van der Waals surface area (Å²) in [6, 6.07) is 13.5. The smallest absolute Gasteiger partial charge is 0.338 e. The molecular formula is C60H78O14. The maximum absolute atomic E-state index is 13.0. The van der Waals surface area contributed by atoms with Crippen LogP contribution in [0.5, 0.6) is 0 Å². The van der Waals surface area contributed by atoms with Gasteiger partial charge in [0.15, 0.2) is 0 Å². The van der Waals surface area contributed by atoms with Gasteiger partial charge >= 0.3 is 11.9 Å². The number of aliphatic hydroxyl groups excluding tert-OH is 1. The average Bonchev–Trinajstić information content (AvgIpc) is 3.67. The fraction of sp³-hybridized carbons (Fsp3) is 0.700. The number of fused-ring (bicyclic) bond motifs is 10. The van der Waals surface area contributed by atoms with Gasteiger partial charge in [0.25, 0.3) is 0 Å². The fourth-order valence-electron chi connectivity index (χ4n) is 14.8. The van der Waals surface area contributed by atoms with E-state index >= 15 is 0 Å². The van der Waals surface area contributed by atoms with Gasteiger partial charge in [-0.3, -0.25) is 4.79 Å². The first-order valence-electron chi connectivity index (χ1n) is 28.2. The molecule has 0 amide bonds. The van der Waals surface area contributed by atoms with E-state index in [0.717, 1.165) is 67.7 Å². The Morgan fingerprint density at radius 2 is 1.42 bits per heavy atom. The minimum atomic E-state index is -0.731. The van der Waals surface area contributed by atoms with Crippen LogP contribution in [-0.2, 0) is 56.9 Å². The highest BCUT2D eigenvalue weighted by atomic mass is 16.6. The number of carbonyl (C=O) groups is 2. The number of rotatable bonds is 5. The van der Waals surface area contributed by atoms with E-state index in [1.807, 2.05) is 36.4 Å². The molecule has 14 heteroatoms. The summed E-state index contributed by atoms with van der Waals surface area (Å²) in [7, 11) is 0. The Labute approximate surface area is 436 Å². The molecule has 2 aromatic carbocycles. The zero-order valence-electron chi connectivity index (χ0n) is 43.7. The third-order valence-electron chi connectivity index (χ3n) is 18.4. The second-order valence-corrected chi connectivity index (χ2v) is 24.3. The third kappa shape index (κ3) is 10.5. The van der Waals surface area contributed by atoms with Crippen molar-refractivity contribution < 1.29 is 66.8 Å². The van der Waals surface area contributed by atoms with Gasteiger partial charge in [-0.05, 0) is 118 Å². The predicted molar refractivity (Wildman–Crippen MR) is 272 cm³/mol. The maximum Gasteiger partial charge on any atom is 0.338 e. The highest BCUT2D eigenvalue weighted by Gasteiger charge is 2.57. The zero-order valence-corrected chi connectivity index (χ0v) is 43.7. The monoisotopic (exact) mass is 1020 g/mol. The third-order valence-corrected chi connectivity index (χ3v) is 18.4. The quantitative estimate of drug-likeness (QED) is 0.224. The van der Waals surface area contributed by atoms with Crippen molar-refractivity contribution in [3.8, 4) is 0 Å². The Balaban J connectivity index is 0.669. The molecule has 0 radical (unpaired) electrons. The van der Waals surface area contributed by atoms with Gasteiger partial charge in [-0.1, -0.05) is 75.1 Å². The van der Waals surface area contributed by atoms with Crippen molar-refractivity contribution in [3.05, 3.63) is 84.5 Å². The van der Waals surface area contributed by atoms with Crippen molar-refractivity contribution in [2.45, 2.75) is 245 Å². The van der Waals surface area contributed by atoms with Crippen LogP contribution in [0.15, 0.2) is 78.9 Å². The minimum Gasteiger partial charge on any atom is -0.459 e. The van der Waals surface area contributed by atoms with Gasteiger partial charge < -0.3 is 57.2 Å². The molecule has 10 aliphatic heterocycles. The number of carbonyl (C=O) groups excluding carboxylic acids is 2. The van der Waals surface area contributed by atoms with Gasteiger partial charge in [0, 0.05) is 25.7 Å². The fourth-order valence-corrected chi connectivity index (χ4v) is 14.8. The van der Waals surface area contributed by atoms with Crippen LogP contribution in [0, 0.1) is 11.8 Å². The molecule has 0 aliphatic carbocycles. The molecule has 22 atom stereocenters. The molecule has 8 saturated heterocycles. The summed E-state index contributed by atoms with van der Waals surface area (Å²) in [5.41, 5.74) is 0.0785. The molecule has 10 heterocycles. The van der Waals surface area contributed by atoms with Crippen LogP contribution in [0.1, 0.15) is 134 Å². The molecule has 14 nitrogen and oxygen atoms in total. The van der Waals surface area contributed by atoms with E-state index in [4.69, 9.17) is 52.1 Å². The van der Waals surface area contributed by atoms with Crippen LogP contribution in [0.25, 0.3) is 10.8 Å². The van der Waals surface area contributed by atoms with Crippen molar-refractivity contribution in [1.29, 1.82) is 0 Å². The topological polar surface area (TPSA) is 156 Å². The number of esters is 2. The molecular weight excluding hydrogens is 945 g/mol. The molecule has 402 valence electrons. The molecule has 0 aromatic heterocycles. The normalized spacial score (nSPS) is 47.0. The second kappa shape index (κ2) is 21.0. The number of hydrogen-bond donors (Lipinski definition) is 1. The van der Waals surface area contributed by atoms with Gasteiger partial charge in [0.05, 0.1) is 109 Å².